The quantitative estimate of drug-likeness (QED) is 0.155. The molecule has 0 heterocycles. The second-order valence-corrected chi connectivity index (χ2v) is 14.4. The Hall–Kier alpha value is -4.34. The van der Waals surface area contributed by atoms with Crippen molar-refractivity contribution >= 4 is 39.1 Å². The van der Waals surface area contributed by atoms with E-state index in [1.165, 1.54) is 17.0 Å². The van der Waals surface area contributed by atoms with Crippen LogP contribution in [0.4, 0.5) is 5.69 Å². The van der Waals surface area contributed by atoms with Crippen molar-refractivity contribution in [3.8, 4) is 5.75 Å². The summed E-state index contributed by atoms with van der Waals surface area (Å²) in [6, 6.07) is 28.9. The summed E-state index contributed by atoms with van der Waals surface area (Å²) in [5.74, 6) is -0.229. The number of nitrogens with one attached hydrogen (secondary N) is 1. The van der Waals surface area contributed by atoms with Gasteiger partial charge in [-0.1, -0.05) is 84.6 Å². The first-order valence-corrected chi connectivity index (χ1v) is 18.2. The van der Waals surface area contributed by atoms with Crippen LogP contribution in [0, 0.1) is 6.92 Å². The molecule has 252 valence electrons. The van der Waals surface area contributed by atoms with Crippen LogP contribution in [-0.2, 0) is 32.6 Å². The minimum absolute atomic E-state index is 0.0170. The van der Waals surface area contributed by atoms with Gasteiger partial charge in [0.25, 0.3) is 10.0 Å². The van der Waals surface area contributed by atoms with Gasteiger partial charge in [-0.2, -0.15) is 0 Å². The molecule has 48 heavy (non-hydrogen) atoms. The molecular formula is C38H42ClN3O5S. The van der Waals surface area contributed by atoms with E-state index in [-0.39, 0.29) is 29.8 Å². The van der Waals surface area contributed by atoms with Crippen molar-refractivity contribution in [3.63, 3.8) is 0 Å². The molecule has 4 aromatic carbocycles. The smallest absolute Gasteiger partial charge is 0.264 e. The zero-order chi connectivity index (χ0) is 34.1. The number of carbonyl (C=O) groups excluding carboxylic acids is 2. The lowest BCUT2D eigenvalue weighted by molar-refractivity contribution is -0.140. The molecule has 0 aliphatic heterocycles. The van der Waals surface area contributed by atoms with E-state index in [4.69, 9.17) is 16.3 Å². The van der Waals surface area contributed by atoms with Crippen LogP contribution in [0.3, 0.4) is 0 Å². The summed E-state index contributed by atoms with van der Waals surface area (Å²) in [5, 5.41) is 3.74. The average Bonchev–Trinajstić information content (AvgIpc) is 3.60. The standard InChI is InChI=1S/C38H42ClN3O5S/c1-3-47-34-21-23-35(24-22-34)48(45,46)42(33-19-13-28(2)14-20-33)27-37(43)41(26-30-15-17-31(39)18-16-30)36(25-29-9-5-4-6-10-29)38(44)40-32-11-7-8-12-32/h4-6,9-10,13-24,32,36H,3,7-8,11-12,25-27H2,1-2H3,(H,40,44). The normalized spacial score (nSPS) is 13.9. The Morgan fingerprint density at radius 1 is 0.875 bits per heavy atom. The second kappa shape index (κ2) is 16.2. The van der Waals surface area contributed by atoms with Gasteiger partial charge in [0.1, 0.15) is 18.3 Å². The number of benzene rings is 4. The van der Waals surface area contributed by atoms with E-state index in [0.29, 0.717) is 23.1 Å². The van der Waals surface area contributed by atoms with Crippen molar-refractivity contribution < 1.29 is 22.7 Å². The maximum absolute atomic E-state index is 14.6. The molecule has 4 aromatic rings. The van der Waals surface area contributed by atoms with E-state index in [2.05, 4.69) is 5.32 Å². The van der Waals surface area contributed by atoms with Crippen LogP contribution >= 0.6 is 11.6 Å². The molecule has 1 atom stereocenters. The fraction of sp³-hybridized carbons (Fsp3) is 0.316. The van der Waals surface area contributed by atoms with Crippen molar-refractivity contribution in [2.24, 2.45) is 0 Å². The number of amides is 2. The topological polar surface area (TPSA) is 96.0 Å². The molecule has 0 radical (unpaired) electrons. The molecule has 1 aliphatic rings. The summed E-state index contributed by atoms with van der Waals surface area (Å²) >= 11 is 6.18. The van der Waals surface area contributed by atoms with E-state index in [9.17, 15) is 18.0 Å². The average molecular weight is 688 g/mol. The lowest BCUT2D eigenvalue weighted by Crippen LogP contribution is -2.54. The maximum atomic E-state index is 14.6. The molecule has 8 nitrogen and oxygen atoms in total. The Balaban J connectivity index is 1.55. The summed E-state index contributed by atoms with van der Waals surface area (Å²) in [4.78, 5) is 30.3. The van der Waals surface area contributed by atoms with E-state index in [1.807, 2.05) is 56.3 Å². The van der Waals surface area contributed by atoms with Crippen molar-refractivity contribution in [3.05, 3.63) is 125 Å². The first-order valence-electron chi connectivity index (χ1n) is 16.3. The van der Waals surface area contributed by atoms with Gasteiger partial charge in [-0.05, 0) is 86.3 Å². The molecular weight excluding hydrogens is 646 g/mol. The van der Waals surface area contributed by atoms with Crippen LogP contribution in [0.15, 0.2) is 108 Å². The van der Waals surface area contributed by atoms with Gasteiger partial charge in [0, 0.05) is 24.0 Å². The summed E-state index contributed by atoms with van der Waals surface area (Å²) in [5.41, 5.74) is 2.93. The Labute approximate surface area is 288 Å². The Bertz CT molecular complexity index is 1760. The highest BCUT2D eigenvalue weighted by molar-refractivity contribution is 7.92. The van der Waals surface area contributed by atoms with Gasteiger partial charge in [-0.25, -0.2) is 8.42 Å². The zero-order valence-corrected chi connectivity index (χ0v) is 28.9. The summed E-state index contributed by atoms with van der Waals surface area (Å²) in [6.45, 7) is 3.76. The molecule has 1 saturated carbocycles. The van der Waals surface area contributed by atoms with Crippen molar-refractivity contribution in [2.45, 2.75) is 69.5 Å². The van der Waals surface area contributed by atoms with Crippen molar-refractivity contribution in [2.75, 3.05) is 17.5 Å². The molecule has 0 saturated heterocycles. The van der Waals surface area contributed by atoms with Gasteiger partial charge in [-0.15, -0.1) is 0 Å². The summed E-state index contributed by atoms with van der Waals surface area (Å²) in [7, 11) is -4.22. The molecule has 1 N–H and O–H groups in total. The van der Waals surface area contributed by atoms with Crippen LogP contribution in [0.5, 0.6) is 5.75 Å². The maximum Gasteiger partial charge on any atom is 0.264 e. The number of nitrogens with zero attached hydrogens (tertiary/aromatic N) is 2. The number of hydrogen-bond acceptors (Lipinski definition) is 5. The SMILES string of the molecule is CCOc1ccc(S(=O)(=O)N(CC(=O)N(Cc2ccc(Cl)cc2)C(Cc2ccccc2)C(=O)NC2CCCC2)c2ccc(C)cc2)cc1. The Morgan fingerprint density at radius 2 is 1.52 bits per heavy atom. The van der Waals surface area contributed by atoms with Gasteiger partial charge in [0.05, 0.1) is 17.2 Å². The summed E-state index contributed by atoms with van der Waals surface area (Å²) in [6.07, 6.45) is 4.11. The van der Waals surface area contributed by atoms with Gasteiger partial charge < -0.3 is 15.0 Å². The first kappa shape index (κ1) is 35.0. The second-order valence-electron chi connectivity index (χ2n) is 12.1. The van der Waals surface area contributed by atoms with Gasteiger partial charge in [0.15, 0.2) is 0 Å². The minimum atomic E-state index is -4.22. The van der Waals surface area contributed by atoms with Crippen molar-refractivity contribution in [1.29, 1.82) is 0 Å². The van der Waals surface area contributed by atoms with E-state index in [0.717, 1.165) is 46.7 Å². The summed E-state index contributed by atoms with van der Waals surface area (Å²) < 4.78 is 35.2. The van der Waals surface area contributed by atoms with Crippen LogP contribution < -0.4 is 14.4 Å². The number of anilines is 1. The Morgan fingerprint density at radius 3 is 2.15 bits per heavy atom. The largest absolute Gasteiger partial charge is 0.494 e. The molecule has 5 rings (SSSR count). The van der Waals surface area contributed by atoms with E-state index >= 15 is 0 Å². The lowest BCUT2D eigenvalue weighted by Gasteiger charge is -2.34. The number of ether oxygens (including phenoxy) is 1. The fourth-order valence-corrected chi connectivity index (χ4v) is 7.49. The molecule has 0 bridgehead atoms. The molecule has 1 aliphatic carbocycles. The molecule has 0 spiro atoms. The predicted octanol–water partition coefficient (Wildman–Crippen LogP) is 6.94. The van der Waals surface area contributed by atoms with Crippen molar-refractivity contribution in [1.82, 2.24) is 10.2 Å². The van der Waals surface area contributed by atoms with Gasteiger partial charge in [0.2, 0.25) is 11.8 Å². The molecule has 0 aromatic heterocycles. The first-order chi connectivity index (χ1) is 23.1. The number of rotatable bonds is 14. The van der Waals surface area contributed by atoms with Crippen LogP contribution in [-0.4, -0.2) is 50.4 Å². The monoisotopic (exact) mass is 687 g/mol. The van der Waals surface area contributed by atoms with Gasteiger partial charge >= 0.3 is 0 Å². The number of sulfonamides is 1. The third kappa shape index (κ3) is 8.96. The van der Waals surface area contributed by atoms with Gasteiger partial charge in [-0.3, -0.25) is 13.9 Å². The highest BCUT2D eigenvalue weighted by Crippen LogP contribution is 2.27. The highest BCUT2D eigenvalue weighted by Gasteiger charge is 2.35. The highest BCUT2D eigenvalue weighted by atomic mass is 35.5. The molecule has 2 amide bonds. The minimum Gasteiger partial charge on any atom is -0.494 e. The number of halogens is 1. The van der Waals surface area contributed by atoms with E-state index < -0.39 is 28.5 Å². The zero-order valence-electron chi connectivity index (χ0n) is 27.3. The number of carbonyl (C=O) groups is 2. The lowest BCUT2D eigenvalue weighted by atomic mass is 10.0. The Kier molecular flexibility index (Phi) is 11.8. The fourth-order valence-electron chi connectivity index (χ4n) is 5.95. The number of hydrogen-bond donors (Lipinski definition) is 1. The number of aryl methyl sites for hydroxylation is 1. The van der Waals surface area contributed by atoms with E-state index in [1.54, 1.807) is 48.5 Å². The predicted molar refractivity (Wildman–Crippen MR) is 190 cm³/mol. The van der Waals surface area contributed by atoms with Crippen LogP contribution in [0.2, 0.25) is 5.02 Å². The van der Waals surface area contributed by atoms with Crippen LogP contribution in [0.1, 0.15) is 49.3 Å². The third-order valence-corrected chi connectivity index (χ3v) is 10.6. The molecule has 1 unspecified atom stereocenters. The third-order valence-electron chi connectivity index (χ3n) is 8.56. The molecule has 10 heteroatoms. The molecule has 1 fully saturated rings. The van der Waals surface area contributed by atoms with Crippen LogP contribution in [0.25, 0.3) is 0 Å².